The van der Waals surface area contributed by atoms with Crippen LogP contribution in [-0.2, 0) is 0 Å². The predicted octanol–water partition coefficient (Wildman–Crippen LogP) is 2.97. The van der Waals surface area contributed by atoms with E-state index in [0.717, 1.165) is 5.56 Å². The zero-order chi connectivity index (χ0) is 15.2. The molecule has 0 unspecified atom stereocenters. The van der Waals surface area contributed by atoms with Gasteiger partial charge in [0.05, 0.1) is 24.4 Å². The number of hydrogen-bond donors (Lipinski definition) is 2. The Morgan fingerprint density at radius 1 is 1.48 bits per heavy atom. The zero-order valence-corrected chi connectivity index (χ0v) is 12.8. The molecule has 0 aliphatic rings. The van der Waals surface area contributed by atoms with Gasteiger partial charge in [-0.15, -0.1) is 11.3 Å². The molecule has 0 saturated heterocycles. The number of carbonyl (C=O) groups is 1. The van der Waals surface area contributed by atoms with Crippen LogP contribution in [0.1, 0.15) is 15.2 Å². The lowest BCUT2D eigenvalue weighted by atomic mass is 10.2. The van der Waals surface area contributed by atoms with Gasteiger partial charge in [-0.3, -0.25) is 4.79 Å². The number of amides is 1. The van der Waals surface area contributed by atoms with Gasteiger partial charge in [-0.2, -0.15) is 0 Å². The molecular weight excluding hydrogens is 308 g/mol. The maximum Gasteiger partial charge on any atom is 0.269 e. The van der Waals surface area contributed by atoms with E-state index in [1.54, 1.807) is 29.6 Å². The average Bonchev–Trinajstić information content (AvgIpc) is 2.96. The van der Waals surface area contributed by atoms with Gasteiger partial charge in [0, 0.05) is 5.56 Å². The van der Waals surface area contributed by atoms with Crippen molar-refractivity contribution in [2.45, 2.75) is 0 Å². The highest BCUT2D eigenvalue weighted by Crippen LogP contribution is 2.28. The van der Waals surface area contributed by atoms with Crippen LogP contribution in [0, 0.1) is 11.8 Å². The van der Waals surface area contributed by atoms with Crippen molar-refractivity contribution in [1.82, 2.24) is 0 Å². The molecule has 0 spiro atoms. The first-order chi connectivity index (χ1) is 10.2. The van der Waals surface area contributed by atoms with E-state index in [1.807, 2.05) is 0 Å². The Bertz CT molecular complexity index is 716. The van der Waals surface area contributed by atoms with E-state index in [4.69, 9.17) is 22.1 Å². The van der Waals surface area contributed by atoms with Gasteiger partial charge in [-0.05, 0) is 29.6 Å². The molecule has 4 nitrogen and oxygen atoms in total. The predicted molar refractivity (Wildman–Crippen MR) is 86.2 cm³/mol. The second-order valence-electron chi connectivity index (χ2n) is 3.97. The van der Waals surface area contributed by atoms with Crippen molar-refractivity contribution in [2.24, 2.45) is 5.73 Å². The first-order valence-corrected chi connectivity index (χ1v) is 7.32. The summed E-state index contributed by atoms with van der Waals surface area (Å²) >= 11 is 7.39. The second-order valence-corrected chi connectivity index (χ2v) is 5.30. The number of halogens is 1. The molecule has 0 saturated carbocycles. The lowest BCUT2D eigenvalue weighted by molar-refractivity contribution is 0.102. The van der Waals surface area contributed by atoms with Gasteiger partial charge in [0.25, 0.3) is 5.91 Å². The Morgan fingerprint density at radius 2 is 2.29 bits per heavy atom. The van der Waals surface area contributed by atoms with Crippen molar-refractivity contribution in [3.8, 4) is 17.6 Å². The monoisotopic (exact) mass is 320 g/mol. The number of thiophene rings is 1. The van der Waals surface area contributed by atoms with Crippen LogP contribution in [0.5, 0.6) is 5.75 Å². The molecule has 1 aromatic carbocycles. The van der Waals surface area contributed by atoms with E-state index in [9.17, 15) is 4.79 Å². The molecule has 2 aromatic rings. The summed E-state index contributed by atoms with van der Waals surface area (Å²) in [7, 11) is 1.52. The minimum absolute atomic E-state index is 0.271. The Kier molecular flexibility index (Phi) is 5.23. The Balaban J connectivity index is 2.24. The smallest absolute Gasteiger partial charge is 0.269 e. The molecule has 1 aromatic heterocycles. The summed E-state index contributed by atoms with van der Waals surface area (Å²) in [4.78, 5) is 12.7. The van der Waals surface area contributed by atoms with Crippen LogP contribution in [0.3, 0.4) is 0 Å². The number of nitrogens with one attached hydrogen (secondary N) is 1. The first-order valence-electron chi connectivity index (χ1n) is 6.07. The largest absolute Gasteiger partial charge is 0.495 e. The van der Waals surface area contributed by atoms with Gasteiger partial charge < -0.3 is 15.8 Å². The van der Waals surface area contributed by atoms with Crippen LogP contribution in [0.25, 0.3) is 0 Å². The zero-order valence-electron chi connectivity index (χ0n) is 11.3. The summed E-state index contributed by atoms with van der Waals surface area (Å²) in [5.41, 5.74) is 6.57. The molecule has 0 aliphatic carbocycles. The van der Waals surface area contributed by atoms with Crippen molar-refractivity contribution in [3.63, 3.8) is 0 Å². The van der Waals surface area contributed by atoms with E-state index >= 15 is 0 Å². The summed E-state index contributed by atoms with van der Waals surface area (Å²) in [5.74, 6) is 5.91. The van der Waals surface area contributed by atoms with Crippen LogP contribution in [0.4, 0.5) is 5.69 Å². The minimum atomic E-state index is -0.271. The Hall–Kier alpha value is -2.00. The van der Waals surface area contributed by atoms with E-state index < -0.39 is 0 Å². The fraction of sp³-hybridized carbons (Fsp3) is 0.133. The second kappa shape index (κ2) is 7.14. The van der Waals surface area contributed by atoms with Gasteiger partial charge in [0.15, 0.2) is 0 Å². The Labute approximate surface area is 131 Å². The van der Waals surface area contributed by atoms with E-state index in [2.05, 4.69) is 17.2 Å². The highest BCUT2D eigenvalue weighted by molar-refractivity contribution is 7.12. The number of nitrogens with two attached hydrogens (primary N) is 1. The molecule has 0 fully saturated rings. The molecule has 21 heavy (non-hydrogen) atoms. The highest BCUT2D eigenvalue weighted by Gasteiger charge is 2.15. The molecule has 2 rings (SSSR count). The SMILES string of the molecule is COc1ccsc1C(=O)Nc1cc(C#CCN)ccc1Cl. The quantitative estimate of drug-likeness (QED) is 0.855. The third-order valence-electron chi connectivity index (χ3n) is 2.60. The lowest BCUT2D eigenvalue weighted by Gasteiger charge is -2.08. The van der Waals surface area contributed by atoms with Gasteiger partial charge >= 0.3 is 0 Å². The highest BCUT2D eigenvalue weighted by atomic mass is 35.5. The first kappa shape index (κ1) is 15.4. The van der Waals surface area contributed by atoms with Crippen LogP contribution < -0.4 is 15.8 Å². The molecule has 0 bridgehead atoms. The number of benzene rings is 1. The molecule has 108 valence electrons. The Morgan fingerprint density at radius 3 is 3.00 bits per heavy atom. The van der Waals surface area contributed by atoms with E-state index in [-0.39, 0.29) is 12.5 Å². The number of carbonyl (C=O) groups excluding carboxylic acids is 1. The number of ether oxygens (including phenoxy) is 1. The van der Waals surface area contributed by atoms with Crippen molar-refractivity contribution >= 4 is 34.5 Å². The summed E-state index contributed by atoms with van der Waals surface area (Å²) in [6.07, 6.45) is 0. The van der Waals surface area contributed by atoms with E-state index in [1.165, 1.54) is 18.4 Å². The molecule has 1 heterocycles. The van der Waals surface area contributed by atoms with Crippen LogP contribution in [0.15, 0.2) is 29.6 Å². The number of methoxy groups -OCH3 is 1. The van der Waals surface area contributed by atoms with Gasteiger partial charge in [0.2, 0.25) is 0 Å². The standard InChI is InChI=1S/C15H13ClN2O2S/c1-20-13-6-8-21-14(13)15(19)18-12-9-10(3-2-7-17)4-5-11(12)16/h4-6,8-9H,7,17H2,1H3,(H,18,19). The van der Waals surface area contributed by atoms with Crippen molar-refractivity contribution < 1.29 is 9.53 Å². The summed E-state index contributed by atoms with van der Waals surface area (Å²) < 4.78 is 5.13. The van der Waals surface area contributed by atoms with Crippen molar-refractivity contribution in [2.75, 3.05) is 19.0 Å². The molecule has 0 atom stereocenters. The molecule has 3 N–H and O–H groups in total. The topological polar surface area (TPSA) is 64.3 Å². The molecule has 6 heteroatoms. The summed E-state index contributed by atoms with van der Waals surface area (Å²) in [6, 6.07) is 6.91. The van der Waals surface area contributed by atoms with Crippen molar-refractivity contribution in [3.05, 3.63) is 45.1 Å². The number of hydrogen-bond acceptors (Lipinski definition) is 4. The van der Waals surface area contributed by atoms with Crippen LogP contribution in [-0.4, -0.2) is 19.6 Å². The van der Waals surface area contributed by atoms with Gasteiger partial charge in [0.1, 0.15) is 10.6 Å². The van der Waals surface area contributed by atoms with Gasteiger partial charge in [-0.1, -0.05) is 23.4 Å². The maximum atomic E-state index is 12.2. The normalized spacial score (nSPS) is 9.67. The summed E-state index contributed by atoms with van der Waals surface area (Å²) in [6.45, 7) is 0.275. The average molecular weight is 321 g/mol. The number of rotatable bonds is 3. The molecule has 0 aliphatic heterocycles. The van der Waals surface area contributed by atoms with E-state index in [0.29, 0.717) is 21.3 Å². The fourth-order valence-corrected chi connectivity index (χ4v) is 2.57. The fourth-order valence-electron chi connectivity index (χ4n) is 1.65. The number of anilines is 1. The molecular formula is C15H13ClN2O2S. The van der Waals surface area contributed by atoms with Gasteiger partial charge in [-0.25, -0.2) is 0 Å². The third kappa shape index (κ3) is 3.76. The molecule has 0 radical (unpaired) electrons. The third-order valence-corrected chi connectivity index (χ3v) is 3.83. The maximum absolute atomic E-state index is 12.2. The van der Waals surface area contributed by atoms with Crippen LogP contribution in [0.2, 0.25) is 5.02 Å². The minimum Gasteiger partial charge on any atom is -0.495 e. The molecule has 1 amide bonds. The van der Waals surface area contributed by atoms with Crippen LogP contribution >= 0.6 is 22.9 Å². The lowest BCUT2D eigenvalue weighted by Crippen LogP contribution is -2.11. The van der Waals surface area contributed by atoms with Crippen molar-refractivity contribution in [1.29, 1.82) is 0 Å². The summed E-state index contributed by atoms with van der Waals surface area (Å²) in [5, 5.41) is 5.00.